The van der Waals surface area contributed by atoms with Gasteiger partial charge in [-0.15, -0.1) is 0 Å². The first-order valence-corrected chi connectivity index (χ1v) is 11.3. The molecule has 0 unspecified atom stereocenters. The van der Waals surface area contributed by atoms with Gasteiger partial charge in [0, 0.05) is 43.4 Å². The van der Waals surface area contributed by atoms with Gasteiger partial charge in [0.05, 0.1) is 9.82 Å². The lowest BCUT2D eigenvalue weighted by Crippen LogP contribution is -2.50. The Balaban J connectivity index is 1.68. The van der Waals surface area contributed by atoms with Crippen molar-refractivity contribution < 1.29 is 18.1 Å². The molecule has 0 saturated carbocycles. The summed E-state index contributed by atoms with van der Waals surface area (Å²) < 4.78 is 27.2. The number of hydrogen-bond acceptors (Lipinski definition) is 5. The number of carbonyl (C=O) groups excluding carboxylic acids is 1. The number of benzene rings is 2. The molecule has 30 heavy (non-hydrogen) atoms. The van der Waals surface area contributed by atoms with E-state index in [0.717, 1.165) is 18.4 Å². The van der Waals surface area contributed by atoms with E-state index in [9.17, 15) is 23.3 Å². The summed E-state index contributed by atoms with van der Waals surface area (Å²) in [6.45, 7) is 4.50. The van der Waals surface area contributed by atoms with Gasteiger partial charge in [-0.05, 0) is 37.1 Å². The molecule has 0 aromatic heterocycles. The maximum atomic E-state index is 12.9. The highest BCUT2D eigenvalue weighted by molar-refractivity contribution is 7.89. The van der Waals surface area contributed by atoms with Gasteiger partial charge in [0.1, 0.15) is 0 Å². The summed E-state index contributed by atoms with van der Waals surface area (Å²) in [4.78, 5) is 25.1. The summed E-state index contributed by atoms with van der Waals surface area (Å²) in [7, 11) is -3.63. The third-order valence-electron chi connectivity index (χ3n) is 5.28. The van der Waals surface area contributed by atoms with Crippen LogP contribution in [0.15, 0.2) is 47.4 Å². The van der Waals surface area contributed by atoms with Crippen molar-refractivity contribution in [1.29, 1.82) is 0 Å². The number of piperazine rings is 1. The highest BCUT2D eigenvalue weighted by Gasteiger charge is 2.31. The number of amides is 1. The quantitative estimate of drug-likeness (QED) is 0.517. The molecule has 2 aromatic rings. The normalized spacial score (nSPS) is 15.2. The van der Waals surface area contributed by atoms with Crippen molar-refractivity contribution in [2.45, 2.75) is 31.6 Å². The Morgan fingerprint density at radius 1 is 1.07 bits per heavy atom. The van der Waals surface area contributed by atoms with Crippen molar-refractivity contribution in [3.05, 3.63) is 69.3 Å². The number of nitro groups is 1. The minimum atomic E-state index is -3.63. The van der Waals surface area contributed by atoms with Crippen molar-refractivity contribution in [2.24, 2.45) is 0 Å². The van der Waals surface area contributed by atoms with Gasteiger partial charge in [0.2, 0.25) is 10.0 Å². The number of carbonyl (C=O) groups is 1. The van der Waals surface area contributed by atoms with Crippen LogP contribution in [0.4, 0.5) is 5.69 Å². The monoisotopic (exact) mass is 431 g/mol. The van der Waals surface area contributed by atoms with E-state index in [-0.39, 0.29) is 48.2 Å². The van der Waals surface area contributed by atoms with Crippen molar-refractivity contribution in [3.8, 4) is 0 Å². The molecule has 1 aliphatic rings. The maximum Gasteiger partial charge on any atom is 0.273 e. The fourth-order valence-corrected chi connectivity index (χ4v) is 4.94. The Hall–Kier alpha value is -2.78. The molecular weight excluding hydrogens is 406 g/mol. The maximum absolute atomic E-state index is 12.9. The lowest BCUT2D eigenvalue weighted by molar-refractivity contribution is -0.385. The molecule has 1 saturated heterocycles. The SMILES string of the molecule is CCCc1ccc(S(=O)(=O)N2CCN(C(=O)c3ccc(C)c([N+](=O)[O-])c3)CC2)cc1. The minimum absolute atomic E-state index is 0.103. The van der Waals surface area contributed by atoms with Gasteiger partial charge in [-0.25, -0.2) is 8.42 Å². The van der Waals surface area contributed by atoms with Crippen LogP contribution in [-0.4, -0.2) is 54.6 Å². The van der Waals surface area contributed by atoms with Crippen LogP contribution in [0, 0.1) is 17.0 Å². The minimum Gasteiger partial charge on any atom is -0.336 e. The Morgan fingerprint density at radius 2 is 1.70 bits per heavy atom. The highest BCUT2D eigenvalue weighted by atomic mass is 32.2. The molecule has 2 aromatic carbocycles. The van der Waals surface area contributed by atoms with Crippen LogP contribution in [0.1, 0.15) is 34.8 Å². The first kappa shape index (κ1) is 21.9. The zero-order valence-corrected chi connectivity index (χ0v) is 17.9. The molecule has 3 rings (SSSR count). The van der Waals surface area contributed by atoms with Crippen LogP contribution in [0.2, 0.25) is 0 Å². The first-order valence-electron chi connectivity index (χ1n) is 9.87. The summed E-state index contributed by atoms with van der Waals surface area (Å²) >= 11 is 0. The third-order valence-corrected chi connectivity index (χ3v) is 7.19. The number of nitro benzene ring substituents is 1. The van der Waals surface area contributed by atoms with Crippen LogP contribution in [0.25, 0.3) is 0 Å². The number of aryl methyl sites for hydroxylation is 2. The second kappa shape index (κ2) is 8.93. The molecule has 0 bridgehead atoms. The lowest BCUT2D eigenvalue weighted by Gasteiger charge is -2.34. The van der Waals surface area contributed by atoms with Crippen LogP contribution in [-0.2, 0) is 16.4 Å². The summed E-state index contributed by atoms with van der Waals surface area (Å²) in [5.74, 6) is -0.334. The Labute approximate surface area is 176 Å². The van der Waals surface area contributed by atoms with E-state index in [0.29, 0.717) is 5.56 Å². The van der Waals surface area contributed by atoms with Gasteiger partial charge in [-0.1, -0.05) is 31.5 Å². The molecule has 0 radical (unpaired) electrons. The number of nitrogens with zero attached hydrogens (tertiary/aromatic N) is 3. The van der Waals surface area contributed by atoms with Gasteiger partial charge in [0.15, 0.2) is 0 Å². The van der Waals surface area contributed by atoms with Crippen molar-refractivity contribution in [2.75, 3.05) is 26.2 Å². The number of hydrogen-bond donors (Lipinski definition) is 0. The average Bonchev–Trinajstić information content (AvgIpc) is 2.74. The number of sulfonamides is 1. The fraction of sp³-hybridized carbons (Fsp3) is 0.381. The second-order valence-electron chi connectivity index (χ2n) is 7.35. The molecule has 9 heteroatoms. The summed E-state index contributed by atoms with van der Waals surface area (Å²) in [5, 5.41) is 11.1. The molecule has 1 aliphatic heterocycles. The second-order valence-corrected chi connectivity index (χ2v) is 9.29. The third kappa shape index (κ3) is 4.52. The lowest BCUT2D eigenvalue weighted by atomic mass is 10.1. The smallest absolute Gasteiger partial charge is 0.273 e. The molecule has 0 atom stereocenters. The molecule has 0 aliphatic carbocycles. The van der Waals surface area contributed by atoms with E-state index in [1.54, 1.807) is 31.2 Å². The Kier molecular flexibility index (Phi) is 6.52. The van der Waals surface area contributed by atoms with Crippen LogP contribution < -0.4 is 0 Å². The molecule has 1 fully saturated rings. The number of rotatable bonds is 6. The highest BCUT2D eigenvalue weighted by Crippen LogP contribution is 2.22. The van der Waals surface area contributed by atoms with Gasteiger partial charge < -0.3 is 4.90 Å². The van der Waals surface area contributed by atoms with E-state index >= 15 is 0 Å². The predicted molar refractivity (Wildman–Crippen MR) is 113 cm³/mol. The molecule has 0 spiro atoms. The summed E-state index contributed by atoms with van der Waals surface area (Å²) in [5.41, 5.74) is 1.71. The standard InChI is InChI=1S/C21H25N3O5S/c1-3-4-17-6-9-19(10-7-17)30(28,29)23-13-11-22(12-14-23)21(25)18-8-5-16(2)20(15-18)24(26)27/h5-10,15H,3-4,11-14H2,1-2H3. The summed E-state index contributed by atoms with van der Waals surface area (Å²) in [6.07, 6.45) is 1.89. The van der Waals surface area contributed by atoms with E-state index < -0.39 is 14.9 Å². The van der Waals surface area contributed by atoms with E-state index in [1.165, 1.54) is 15.3 Å². The topological polar surface area (TPSA) is 101 Å². The molecule has 0 N–H and O–H groups in total. The molecule has 1 heterocycles. The molecule has 160 valence electrons. The fourth-order valence-electron chi connectivity index (χ4n) is 3.52. The first-order chi connectivity index (χ1) is 14.2. The zero-order chi connectivity index (χ0) is 21.9. The van der Waals surface area contributed by atoms with Crippen LogP contribution >= 0.6 is 0 Å². The molecule has 8 nitrogen and oxygen atoms in total. The summed E-state index contributed by atoms with van der Waals surface area (Å²) in [6, 6.07) is 11.3. The van der Waals surface area contributed by atoms with Crippen molar-refractivity contribution in [1.82, 2.24) is 9.21 Å². The van der Waals surface area contributed by atoms with E-state index in [2.05, 4.69) is 6.92 Å². The predicted octanol–water partition coefficient (Wildman–Crippen LogP) is 3.00. The van der Waals surface area contributed by atoms with Gasteiger partial charge in [-0.3, -0.25) is 14.9 Å². The van der Waals surface area contributed by atoms with E-state index in [4.69, 9.17) is 0 Å². The van der Waals surface area contributed by atoms with Crippen LogP contribution in [0.5, 0.6) is 0 Å². The molecular formula is C21H25N3O5S. The van der Waals surface area contributed by atoms with E-state index in [1.807, 2.05) is 12.1 Å². The van der Waals surface area contributed by atoms with Crippen LogP contribution in [0.3, 0.4) is 0 Å². The van der Waals surface area contributed by atoms with Crippen molar-refractivity contribution >= 4 is 21.6 Å². The van der Waals surface area contributed by atoms with Gasteiger partial charge in [0.25, 0.3) is 11.6 Å². The average molecular weight is 432 g/mol. The molecule has 1 amide bonds. The van der Waals surface area contributed by atoms with Crippen molar-refractivity contribution in [3.63, 3.8) is 0 Å². The van der Waals surface area contributed by atoms with Gasteiger partial charge >= 0.3 is 0 Å². The largest absolute Gasteiger partial charge is 0.336 e. The van der Waals surface area contributed by atoms with Gasteiger partial charge in [-0.2, -0.15) is 4.31 Å². The Morgan fingerprint density at radius 3 is 2.27 bits per heavy atom. The Bertz CT molecular complexity index is 1040. The zero-order valence-electron chi connectivity index (χ0n) is 17.1.